The van der Waals surface area contributed by atoms with Gasteiger partial charge in [0.1, 0.15) is 5.82 Å². The van der Waals surface area contributed by atoms with Crippen LogP contribution in [-0.4, -0.2) is 30.8 Å². The number of pyridine rings is 1. The molecule has 1 aliphatic rings. The van der Waals surface area contributed by atoms with Crippen LogP contribution < -0.4 is 0 Å². The Kier molecular flexibility index (Phi) is 6.21. The predicted molar refractivity (Wildman–Crippen MR) is 116 cm³/mol. The summed E-state index contributed by atoms with van der Waals surface area (Å²) in [5.41, 5.74) is 2.58. The van der Waals surface area contributed by atoms with E-state index in [-0.39, 0.29) is 5.56 Å². The minimum absolute atomic E-state index is 0.261. The summed E-state index contributed by atoms with van der Waals surface area (Å²) in [4.78, 5) is 20.9. The lowest BCUT2D eigenvalue weighted by atomic mass is 9.89. The lowest BCUT2D eigenvalue weighted by Crippen LogP contribution is -2.09. The molecular weight excluding hydrogens is 376 g/mol. The molecule has 2 heterocycles. The van der Waals surface area contributed by atoms with Crippen molar-refractivity contribution in [3.63, 3.8) is 0 Å². The molecule has 0 unspecified atom stereocenters. The fraction of sp³-hybridized carbons (Fsp3) is 0.417. The molecule has 1 aromatic carbocycles. The third-order valence-electron chi connectivity index (χ3n) is 5.80. The second-order valence-corrected chi connectivity index (χ2v) is 8.03. The third kappa shape index (κ3) is 4.42. The van der Waals surface area contributed by atoms with Gasteiger partial charge in [-0.3, -0.25) is 4.98 Å². The molecule has 6 heteroatoms. The molecule has 0 amide bonds. The van der Waals surface area contributed by atoms with E-state index in [1.165, 1.54) is 32.1 Å². The minimum atomic E-state index is -0.946. The Balaban J connectivity index is 1.56. The molecule has 156 valence electrons. The largest absolute Gasteiger partial charge is 0.478 e. The van der Waals surface area contributed by atoms with E-state index in [1.54, 1.807) is 18.2 Å². The third-order valence-corrected chi connectivity index (χ3v) is 5.80. The van der Waals surface area contributed by atoms with Crippen LogP contribution in [0.15, 0.2) is 42.6 Å². The molecule has 30 heavy (non-hydrogen) atoms. The van der Waals surface area contributed by atoms with Crippen molar-refractivity contribution >= 4 is 5.97 Å². The molecule has 0 aliphatic heterocycles. The summed E-state index contributed by atoms with van der Waals surface area (Å²) >= 11 is 0. The van der Waals surface area contributed by atoms with Crippen LogP contribution in [0.5, 0.6) is 0 Å². The van der Waals surface area contributed by atoms with E-state index in [1.807, 2.05) is 29.1 Å². The lowest BCUT2D eigenvalue weighted by Gasteiger charge is -2.18. The second kappa shape index (κ2) is 9.20. The molecule has 0 atom stereocenters. The Hall–Kier alpha value is -3.02. The number of carboxylic acids is 1. The first-order valence-electron chi connectivity index (χ1n) is 10.9. The smallest absolute Gasteiger partial charge is 0.336 e. The van der Waals surface area contributed by atoms with Gasteiger partial charge in [0.2, 0.25) is 0 Å². The topological polar surface area (TPSA) is 80.9 Å². The number of nitrogens with zero attached hydrogens (tertiary/aromatic N) is 4. The monoisotopic (exact) mass is 404 g/mol. The fourth-order valence-electron chi connectivity index (χ4n) is 4.21. The maximum Gasteiger partial charge on any atom is 0.336 e. The predicted octanol–water partition coefficient (Wildman–Crippen LogP) is 5.09. The normalized spacial score (nSPS) is 14.7. The number of benzene rings is 1. The van der Waals surface area contributed by atoms with Crippen molar-refractivity contribution in [2.45, 2.75) is 64.3 Å². The van der Waals surface area contributed by atoms with Gasteiger partial charge >= 0.3 is 5.97 Å². The Labute approximate surface area is 177 Å². The van der Waals surface area contributed by atoms with Crippen LogP contribution in [0.25, 0.3) is 11.3 Å². The molecule has 6 nitrogen and oxygen atoms in total. The molecule has 0 spiro atoms. The summed E-state index contributed by atoms with van der Waals surface area (Å²) < 4.78 is 2.02. The molecular formula is C24H28N4O2. The van der Waals surface area contributed by atoms with E-state index in [4.69, 9.17) is 10.1 Å². The summed E-state index contributed by atoms with van der Waals surface area (Å²) in [6.07, 6.45) is 10.00. The summed E-state index contributed by atoms with van der Waals surface area (Å²) in [5, 5.41) is 14.3. The summed E-state index contributed by atoms with van der Waals surface area (Å²) in [6, 6.07) is 10.8. The Morgan fingerprint density at radius 3 is 2.63 bits per heavy atom. The number of aromatic nitrogens is 4. The molecule has 0 radical (unpaired) electrons. The standard InChI is InChI=1S/C24H28N4O2/c1-2-8-22-26-23(18-9-4-3-5-10-18)27-28(22)16-17-13-14-21(25-15-17)19-11-6-7-12-20(19)24(29)30/h6-7,11-15,18H,2-5,8-10,16H2,1H3,(H,29,30). The van der Waals surface area contributed by atoms with Gasteiger partial charge in [0.15, 0.2) is 5.82 Å². The van der Waals surface area contributed by atoms with Crippen LogP contribution in [0.4, 0.5) is 0 Å². The van der Waals surface area contributed by atoms with Crippen molar-refractivity contribution in [2.24, 2.45) is 0 Å². The molecule has 2 aromatic heterocycles. The van der Waals surface area contributed by atoms with Crippen LogP contribution in [-0.2, 0) is 13.0 Å². The van der Waals surface area contributed by atoms with E-state index in [9.17, 15) is 9.90 Å². The molecule has 1 saturated carbocycles. The zero-order chi connectivity index (χ0) is 20.9. The highest BCUT2D eigenvalue weighted by atomic mass is 16.4. The van der Waals surface area contributed by atoms with Crippen LogP contribution in [0.2, 0.25) is 0 Å². The minimum Gasteiger partial charge on any atom is -0.478 e. The zero-order valence-corrected chi connectivity index (χ0v) is 17.4. The van der Waals surface area contributed by atoms with Crippen LogP contribution in [0, 0.1) is 0 Å². The van der Waals surface area contributed by atoms with Gasteiger partial charge in [-0.15, -0.1) is 0 Å². The van der Waals surface area contributed by atoms with Gasteiger partial charge in [-0.05, 0) is 37.0 Å². The van der Waals surface area contributed by atoms with Gasteiger partial charge < -0.3 is 5.11 Å². The lowest BCUT2D eigenvalue weighted by molar-refractivity contribution is 0.0697. The van der Waals surface area contributed by atoms with Crippen molar-refractivity contribution < 1.29 is 9.90 Å². The highest BCUT2D eigenvalue weighted by Gasteiger charge is 2.21. The number of hydrogen-bond donors (Lipinski definition) is 1. The first-order chi connectivity index (χ1) is 14.7. The number of aromatic carboxylic acids is 1. The highest BCUT2D eigenvalue weighted by molar-refractivity contribution is 5.95. The van der Waals surface area contributed by atoms with Crippen molar-refractivity contribution in [3.05, 3.63) is 65.4 Å². The Morgan fingerprint density at radius 1 is 1.13 bits per heavy atom. The number of rotatable bonds is 7. The Bertz CT molecular complexity index is 1000. The fourth-order valence-corrected chi connectivity index (χ4v) is 4.21. The van der Waals surface area contributed by atoms with Gasteiger partial charge in [-0.25, -0.2) is 14.5 Å². The molecule has 0 bridgehead atoms. The van der Waals surface area contributed by atoms with Gasteiger partial charge in [-0.2, -0.15) is 5.10 Å². The van der Waals surface area contributed by atoms with Crippen LogP contribution in [0.3, 0.4) is 0 Å². The summed E-state index contributed by atoms with van der Waals surface area (Å²) in [5.74, 6) is 1.58. The summed E-state index contributed by atoms with van der Waals surface area (Å²) in [6.45, 7) is 2.79. The molecule has 1 aliphatic carbocycles. The molecule has 0 saturated heterocycles. The van der Waals surface area contributed by atoms with Gasteiger partial charge in [0.25, 0.3) is 0 Å². The average molecular weight is 405 g/mol. The second-order valence-electron chi connectivity index (χ2n) is 8.03. The Morgan fingerprint density at radius 2 is 1.93 bits per heavy atom. The molecule has 1 N–H and O–H groups in total. The number of carboxylic acid groups (broad SMARTS) is 1. The SMILES string of the molecule is CCCc1nc(C2CCCCC2)nn1Cc1ccc(-c2ccccc2C(=O)O)nc1. The summed E-state index contributed by atoms with van der Waals surface area (Å²) in [7, 11) is 0. The molecule has 3 aromatic rings. The molecule has 4 rings (SSSR count). The van der Waals surface area contributed by atoms with E-state index < -0.39 is 5.97 Å². The van der Waals surface area contributed by atoms with E-state index in [0.29, 0.717) is 23.7 Å². The van der Waals surface area contributed by atoms with Crippen molar-refractivity contribution in [3.8, 4) is 11.3 Å². The van der Waals surface area contributed by atoms with E-state index in [0.717, 1.165) is 30.1 Å². The number of carbonyl (C=O) groups is 1. The van der Waals surface area contributed by atoms with Gasteiger partial charge in [-0.1, -0.05) is 50.5 Å². The zero-order valence-electron chi connectivity index (χ0n) is 17.4. The van der Waals surface area contributed by atoms with Gasteiger partial charge in [0, 0.05) is 24.1 Å². The van der Waals surface area contributed by atoms with Crippen LogP contribution >= 0.6 is 0 Å². The number of hydrogen-bond acceptors (Lipinski definition) is 4. The maximum atomic E-state index is 11.5. The van der Waals surface area contributed by atoms with Crippen molar-refractivity contribution in [1.29, 1.82) is 0 Å². The van der Waals surface area contributed by atoms with Crippen LogP contribution in [0.1, 0.15) is 78.9 Å². The molecule has 1 fully saturated rings. The highest BCUT2D eigenvalue weighted by Crippen LogP contribution is 2.31. The van der Waals surface area contributed by atoms with Crippen molar-refractivity contribution in [1.82, 2.24) is 19.7 Å². The van der Waals surface area contributed by atoms with Crippen molar-refractivity contribution in [2.75, 3.05) is 0 Å². The maximum absolute atomic E-state index is 11.5. The van der Waals surface area contributed by atoms with E-state index >= 15 is 0 Å². The average Bonchev–Trinajstić information content (AvgIpc) is 3.17. The quantitative estimate of drug-likeness (QED) is 0.593. The first-order valence-corrected chi connectivity index (χ1v) is 10.9. The van der Waals surface area contributed by atoms with Gasteiger partial charge in [0.05, 0.1) is 17.8 Å². The first kappa shape index (κ1) is 20.3. The van der Waals surface area contributed by atoms with E-state index in [2.05, 4.69) is 11.9 Å². The number of aryl methyl sites for hydroxylation is 1.